The van der Waals surface area contributed by atoms with Gasteiger partial charge in [-0.2, -0.15) is 0 Å². The average Bonchev–Trinajstić information content (AvgIpc) is 2.90. The van der Waals surface area contributed by atoms with Crippen LogP contribution in [0.3, 0.4) is 0 Å². The second-order valence-electron chi connectivity index (χ2n) is 3.41. The molecule has 2 rings (SSSR count). The first kappa shape index (κ1) is 11.7. The van der Waals surface area contributed by atoms with Crippen LogP contribution in [0.5, 0.6) is 0 Å². The summed E-state index contributed by atoms with van der Waals surface area (Å²) in [5, 5.41) is 2.01. The standard InChI is InChI=1S/C12H12N2O2S/c1-16-12(15)5-4-11-13-7-6-9(14-11)10-3-2-8-17-10/h2-3,6-8H,4-5H2,1H3. The number of carbonyl (C=O) groups excluding carboxylic acids is 1. The van der Waals surface area contributed by atoms with E-state index in [9.17, 15) is 4.79 Å². The summed E-state index contributed by atoms with van der Waals surface area (Å²) in [6.07, 6.45) is 2.53. The number of nitrogens with zero attached hydrogens (tertiary/aromatic N) is 2. The third-order valence-electron chi connectivity index (χ3n) is 2.26. The zero-order chi connectivity index (χ0) is 12.1. The second kappa shape index (κ2) is 5.54. The number of aromatic nitrogens is 2. The molecule has 0 N–H and O–H groups in total. The molecule has 5 heteroatoms. The van der Waals surface area contributed by atoms with Crippen LogP contribution in [0.2, 0.25) is 0 Å². The van der Waals surface area contributed by atoms with E-state index in [1.54, 1.807) is 17.5 Å². The Morgan fingerprint density at radius 1 is 1.47 bits per heavy atom. The SMILES string of the molecule is COC(=O)CCc1nccc(-c2cccs2)n1. The van der Waals surface area contributed by atoms with Crippen molar-refractivity contribution in [2.75, 3.05) is 7.11 Å². The number of hydrogen-bond donors (Lipinski definition) is 0. The van der Waals surface area contributed by atoms with E-state index < -0.39 is 0 Å². The number of aryl methyl sites for hydroxylation is 1. The summed E-state index contributed by atoms with van der Waals surface area (Å²) in [5.74, 6) is 0.427. The second-order valence-corrected chi connectivity index (χ2v) is 4.36. The van der Waals surface area contributed by atoms with Crippen molar-refractivity contribution in [3.05, 3.63) is 35.6 Å². The highest BCUT2D eigenvalue weighted by Gasteiger charge is 2.06. The van der Waals surface area contributed by atoms with Gasteiger partial charge in [-0.25, -0.2) is 9.97 Å². The van der Waals surface area contributed by atoms with Crippen molar-refractivity contribution < 1.29 is 9.53 Å². The van der Waals surface area contributed by atoms with Gasteiger partial charge in [-0.05, 0) is 17.5 Å². The Kier molecular flexibility index (Phi) is 3.82. The Hall–Kier alpha value is -1.75. The summed E-state index contributed by atoms with van der Waals surface area (Å²) in [5.41, 5.74) is 0.898. The number of methoxy groups -OCH3 is 1. The summed E-state index contributed by atoms with van der Waals surface area (Å²) in [6, 6.07) is 5.86. The number of rotatable bonds is 4. The largest absolute Gasteiger partial charge is 0.469 e. The van der Waals surface area contributed by atoms with Gasteiger partial charge in [-0.15, -0.1) is 11.3 Å². The van der Waals surface area contributed by atoms with Crippen molar-refractivity contribution in [1.82, 2.24) is 9.97 Å². The van der Waals surface area contributed by atoms with E-state index in [4.69, 9.17) is 0 Å². The molecule has 0 saturated carbocycles. The third kappa shape index (κ3) is 3.10. The maximum Gasteiger partial charge on any atom is 0.305 e. The predicted octanol–water partition coefficient (Wildman–Crippen LogP) is 2.31. The zero-order valence-electron chi connectivity index (χ0n) is 9.42. The van der Waals surface area contributed by atoms with E-state index in [0.717, 1.165) is 10.6 Å². The topological polar surface area (TPSA) is 52.1 Å². The number of ether oxygens (including phenoxy) is 1. The first-order chi connectivity index (χ1) is 8.29. The van der Waals surface area contributed by atoms with Crippen LogP contribution in [-0.2, 0) is 16.0 Å². The highest BCUT2D eigenvalue weighted by molar-refractivity contribution is 7.13. The third-order valence-corrected chi connectivity index (χ3v) is 3.15. The highest BCUT2D eigenvalue weighted by Crippen LogP contribution is 2.22. The molecule has 0 atom stereocenters. The average molecular weight is 248 g/mol. The fraction of sp³-hybridized carbons (Fsp3) is 0.250. The Balaban J connectivity index is 2.09. The van der Waals surface area contributed by atoms with E-state index in [1.807, 2.05) is 23.6 Å². The van der Waals surface area contributed by atoms with E-state index in [-0.39, 0.29) is 5.97 Å². The van der Waals surface area contributed by atoms with Crippen molar-refractivity contribution in [1.29, 1.82) is 0 Å². The van der Waals surface area contributed by atoms with Crippen LogP contribution in [0, 0.1) is 0 Å². The fourth-order valence-corrected chi connectivity index (χ4v) is 2.09. The molecule has 0 saturated heterocycles. The molecule has 0 aliphatic heterocycles. The molecule has 2 heterocycles. The first-order valence-corrected chi connectivity index (χ1v) is 6.10. The van der Waals surface area contributed by atoms with Crippen molar-refractivity contribution in [3.8, 4) is 10.6 Å². The van der Waals surface area contributed by atoms with Crippen LogP contribution < -0.4 is 0 Å². The Bertz CT molecular complexity index is 497. The van der Waals surface area contributed by atoms with E-state index in [0.29, 0.717) is 18.7 Å². The van der Waals surface area contributed by atoms with Crippen LogP contribution in [0.25, 0.3) is 10.6 Å². The van der Waals surface area contributed by atoms with Gasteiger partial charge in [0.1, 0.15) is 5.82 Å². The van der Waals surface area contributed by atoms with Gasteiger partial charge >= 0.3 is 5.97 Å². The molecular formula is C12H12N2O2S. The van der Waals surface area contributed by atoms with Gasteiger partial charge in [0.05, 0.1) is 24.1 Å². The Labute approximate surface area is 103 Å². The lowest BCUT2D eigenvalue weighted by Gasteiger charge is -2.01. The lowest BCUT2D eigenvalue weighted by Crippen LogP contribution is -2.04. The van der Waals surface area contributed by atoms with Crippen LogP contribution >= 0.6 is 11.3 Å². The van der Waals surface area contributed by atoms with Crippen LogP contribution in [0.15, 0.2) is 29.8 Å². The minimum atomic E-state index is -0.241. The number of thiophene rings is 1. The molecule has 0 aliphatic carbocycles. The summed E-state index contributed by atoms with van der Waals surface area (Å²) in [6.45, 7) is 0. The van der Waals surface area contributed by atoms with E-state index in [2.05, 4.69) is 14.7 Å². The van der Waals surface area contributed by atoms with Gasteiger partial charge < -0.3 is 4.74 Å². The maximum atomic E-state index is 11.0. The van der Waals surface area contributed by atoms with Crippen LogP contribution in [-0.4, -0.2) is 23.0 Å². The minimum Gasteiger partial charge on any atom is -0.469 e. The zero-order valence-corrected chi connectivity index (χ0v) is 10.2. The molecule has 88 valence electrons. The summed E-state index contributed by atoms with van der Waals surface area (Å²) < 4.78 is 4.58. The first-order valence-electron chi connectivity index (χ1n) is 5.22. The normalized spacial score (nSPS) is 10.2. The molecular weight excluding hydrogens is 236 g/mol. The molecule has 4 nitrogen and oxygen atoms in total. The number of hydrogen-bond acceptors (Lipinski definition) is 5. The van der Waals surface area contributed by atoms with Crippen molar-refractivity contribution in [2.24, 2.45) is 0 Å². The highest BCUT2D eigenvalue weighted by atomic mass is 32.1. The molecule has 2 aromatic heterocycles. The molecule has 0 fully saturated rings. The molecule has 0 radical (unpaired) electrons. The Morgan fingerprint density at radius 2 is 2.35 bits per heavy atom. The van der Waals surface area contributed by atoms with Crippen LogP contribution in [0.4, 0.5) is 0 Å². The fourth-order valence-electron chi connectivity index (χ4n) is 1.40. The van der Waals surface area contributed by atoms with Gasteiger partial charge in [-0.1, -0.05) is 6.07 Å². The van der Waals surface area contributed by atoms with Crippen LogP contribution in [0.1, 0.15) is 12.2 Å². The minimum absolute atomic E-state index is 0.241. The van der Waals surface area contributed by atoms with E-state index in [1.165, 1.54) is 7.11 Å². The van der Waals surface area contributed by atoms with Gasteiger partial charge in [0.15, 0.2) is 0 Å². The van der Waals surface area contributed by atoms with Gasteiger partial charge in [0.2, 0.25) is 0 Å². The molecule has 0 unspecified atom stereocenters. The van der Waals surface area contributed by atoms with Gasteiger partial charge in [-0.3, -0.25) is 4.79 Å². The molecule has 17 heavy (non-hydrogen) atoms. The summed E-state index contributed by atoms with van der Waals surface area (Å²) >= 11 is 1.63. The molecule has 2 aromatic rings. The van der Waals surface area contributed by atoms with Gasteiger partial charge in [0, 0.05) is 12.6 Å². The smallest absolute Gasteiger partial charge is 0.305 e. The van der Waals surface area contributed by atoms with Gasteiger partial charge in [0.25, 0.3) is 0 Å². The van der Waals surface area contributed by atoms with Crippen molar-refractivity contribution in [3.63, 3.8) is 0 Å². The van der Waals surface area contributed by atoms with E-state index >= 15 is 0 Å². The monoisotopic (exact) mass is 248 g/mol. The Morgan fingerprint density at radius 3 is 3.06 bits per heavy atom. The summed E-state index contributed by atoms with van der Waals surface area (Å²) in [7, 11) is 1.38. The predicted molar refractivity (Wildman–Crippen MR) is 65.7 cm³/mol. The van der Waals surface area contributed by atoms with Crippen molar-refractivity contribution in [2.45, 2.75) is 12.8 Å². The number of carbonyl (C=O) groups is 1. The molecule has 0 aromatic carbocycles. The molecule has 0 amide bonds. The lowest BCUT2D eigenvalue weighted by atomic mass is 10.2. The quantitative estimate of drug-likeness (QED) is 0.779. The maximum absolute atomic E-state index is 11.0. The van der Waals surface area contributed by atoms with Crippen molar-refractivity contribution >= 4 is 17.3 Å². The summed E-state index contributed by atoms with van der Waals surface area (Å²) in [4.78, 5) is 20.7. The molecule has 0 spiro atoms. The molecule has 0 aliphatic rings. The lowest BCUT2D eigenvalue weighted by molar-refractivity contribution is -0.140. The number of esters is 1. The molecule has 0 bridgehead atoms.